The summed E-state index contributed by atoms with van der Waals surface area (Å²) >= 11 is 0. The third kappa shape index (κ3) is 3.60. The van der Waals surface area contributed by atoms with E-state index in [2.05, 4.69) is 26.5 Å². The Morgan fingerprint density at radius 3 is 2.75 bits per heavy atom. The summed E-state index contributed by atoms with van der Waals surface area (Å²) in [5, 5.41) is 10.8. The molecule has 1 N–H and O–H groups in total. The van der Waals surface area contributed by atoms with Crippen LogP contribution in [0.25, 0.3) is 0 Å². The van der Waals surface area contributed by atoms with Gasteiger partial charge in [0.05, 0.1) is 17.3 Å². The van der Waals surface area contributed by atoms with Crippen molar-refractivity contribution < 1.29 is 19.4 Å². The summed E-state index contributed by atoms with van der Waals surface area (Å²) in [6, 6.07) is 0. The number of rotatable bonds is 0. The van der Waals surface area contributed by atoms with Gasteiger partial charge in [0.15, 0.2) is 0 Å². The maximum Gasteiger partial charge on any atom is 0.334 e. The zero-order valence-electron chi connectivity index (χ0n) is 15.1. The van der Waals surface area contributed by atoms with Crippen molar-refractivity contribution >= 4 is 5.97 Å². The maximum atomic E-state index is 12.2. The Morgan fingerprint density at radius 2 is 2.00 bits per heavy atom. The molecule has 0 spiro atoms. The van der Waals surface area contributed by atoms with Gasteiger partial charge in [0.2, 0.25) is 0 Å². The molecule has 2 aliphatic heterocycles. The quantitative estimate of drug-likeness (QED) is 0.318. The van der Waals surface area contributed by atoms with Gasteiger partial charge >= 0.3 is 5.97 Å². The fraction of sp³-hybridized carbons (Fsp3) is 0.750. The highest BCUT2D eigenvalue weighted by Gasteiger charge is 2.52. The molecular formula is C20H30O4. The highest BCUT2D eigenvalue weighted by molar-refractivity contribution is 5.89. The summed E-state index contributed by atoms with van der Waals surface area (Å²) in [4.78, 5) is 12.2. The van der Waals surface area contributed by atoms with Crippen LogP contribution in [0, 0.1) is 5.92 Å². The Balaban J connectivity index is 1.80. The van der Waals surface area contributed by atoms with E-state index >= 15 is 0 Å². The molecule has 2 fully saturated rings. The van der Waals surface area contributed by atoms with Crippen molar-refractivity contribution in [3.8, 4) is 0 Å². The van der Waals surface area contributed by atoms with E-state index in [1.54, 1.807) is 6.92 Å². The Kier molecular flexibility index (Phi) is 4.65. The van der Waals surface area contributed by atoms with Crippen LogP contribution in [0.2, 0.25) is 0 Å². The number of carbonyl (C=O) groups is 1. The van der Waals surface area contributed by atoms with Crippen LogP contribution in [-0.2, 0) is 14.3 Å². The lowest BCUT2D eigenvalue weighted by Gasteiger charge is -2.39. The second kappa shape index (κ2) is 6.30. The number of esters is 1. The lowest BCUT2D eigenvalue weighted by molar-refractivity contribution is -0.168. The molecule has 0 radical (unpaired) electrons. The van der Waals surface area contributed by atoms with Gasteiger partial charge in [-0.25, -0.2) is 4.79 Å². The Labute approximate surface area is 144 Å². The van der Waals surface area contributed by atoms with E-state index in [1.807, 2.05) is 0 Å². The minimum atomic E-state index is -1.00. The molecule has 0 amide bonds. The van der Waals surface area contributed by atoms with Crippen molar-refractivity contribution in [1.82, 2.24) is 0 Å². The number of carbonyl (C=O) groups excluding carboxylic acids is 1. The first-order valence-electron chi connectivity index (χ1n) is 9.17. The monoisotopic (exact) mass is 334 g/mol. The molecule has 4 nitrogen and oxygen atoms in total. The first kappa shape index (κ1) is 17.7. The third-order valence-corrected chi connectivity index (χ3v) is 6.17. The number of hydrogen-bond donors (Lipinski definition) is 1. The van der Waals surface area contributed by atoms with Gasteiger partial charge in [-0.3, -0.25) is 0 Å². The summed E-state index contributed by atoms with van der Waals surface area (Å²) in [7, 11) is 0. The third-order valence-electron chi connectivity index (χ3n) is 6.17. The molecule has 0 saturated carbocycles. The van der Waals surface area contributed by atoms with Gasteiger partial charge in [0.1, 0.15) is 6.10 Å². The summed E-state index contributed by atoms with van der Waals surface area (Å²) in [6.07, 6.45) is 7.98. The largest absolute Gasteiger partial charge is 0.456 e. The fourth-order valence-corrected chi connectivity index (χ4v) is 4.06. The average Bonchev–Trinajstić information content (AvgIpc) is 3.16. The van der Waals surface area contributed by atoms with E-state index in [0.29, 0.717) is 24.5 Å². The molecule has 3 rings (SSSR count). The molecule has 2 bridgehead atoms. The van der Waals surface area contributed by atoms with Gasteiger partial charge in [0.25, 0.3) is 0 Å². The lowest BCUT2D eigenvalue weighted by atomic mass is 9.79. The molecule has 134 valence electrons. The minimum Gasteiger partial charge on any atom is -0.456 e. The molecule has 24 heavy (non-hydrogen) atoms. The van der Waals surface area contributed by atoms with Gasteiger partial charge in [-0.15, -0.1) is 0 Å². The normalized spacial score (nSPS) is 46.2. The molecule has 0 unspecified atom stereocenters. The van der Waals surface area contributed by atoms with Crippen molar-refractivity contribution in [3.05, 3.63) is 23.8 Å². The van der Waals surface area contributed by atoms with Crippen molar-refractivity contribution in [2.24, 2.45) is 5.92 Å². The van der Waals surface area contributed by atoms with Crippen LogP contribution >= 0.6 is 0 Å². The molecular weight excluding hydrogens is 304 g/mol. The molecule has 2 heterocycles. The molecule has 1 aliphatic carbocycles. The summed E-state index contributed by atoms with van der Waals surface area (Å²) in [5.74, 6) is -0.279. The molecule has 3 aliphatic rings. The average molecular weight is 334 g/mol. The van der Waals surface area contributed by atoms with Gasteiger partial charge in [0, 0.05) is 5.57 Å². The second-order valence-electron chi connectivity index (χ2n) is 8.29. The number of fused-ring (bicyclic) bond motifs is 3. The van der Waals surface area contributed by atoms with Crippen LogP contribution in [0.5, 0.6) is 0 Å². The van der Waals surface area contributed by atoms with Crippen LogP contribution in [0.4, 0.5) is 0 Å². The van der Waals surface area contributed by atoms with Crippen LogP contribution < -0.4 is 0 Å². The maximum absolute atomic E-state index is 12.2. The number of epoxide rings is 1. The van der Waals surface area contributed by atoms with Gasteiger partial charge in [-0.05, 0) is 71.6 Å². The zero-order chi connectivity index (χ0) is 17.5. The van der Waals surface area contributed by atoms with Crippen LogP contribution in [0.15, 0.2) is 23.8 Å². The minimum absolute atomic E-state index is 0.0654. The standard InChI is InChI=1S/C20H30O4/c1-13-6-5-10-19(3,22)17-12-15(14(2)18(21)23-17)9-11-20(4)16(24-20)8-7-13/h6,15-17,22H,2,5,7-12H2,1,3-4H3/b13-6-/t15-,16+,17-,19-,20+/m1/s1. The van der Waals surface area contributed by atoms with Gasteiger partial charge < -0.3 is 14.6 Å². The lowest BCUT2D eigenvalue weighted by Crippen LogP contribution is -2.47. The van der Waals surface area contributed by atoms with Crippen molar-refractivity contribution in [1.29, 1.82) is 0 Å². The van der Waals surface area contributed by atoms with E-state index in [9.17, 15) is 9.90 Å². The highest BCUT2D eigenvalue weighted by Crippen LogP contribution is 2.46. The van der Waals surface area contributed by atoms with Gasteiger partial charge in [-0.1, -0.05) is 18.2 Å². The summed E-state index contributed by atoms with van der Waals surface area (Å²) < 4.78 is 11.4. The van der Waals surface area contributed by atoms with Crippen LogP contribution in [0.3, 0.4) is 0 Å². The Hall–Kier alpha value is -1.13. The smallest absolute Gasteiger partial charge is 0.334 e. The first-order valence-corrected chi connectivity index (χ1v) is 9.17. The predicted molar refractivity (Wildman–Crippen MR) is 92.5 cm³/mol. The molecule has 4 heteroatoms. The SMILES string of the molecule is C=C1C(=O)O[C@@H]2C[C@H]1CC[C@]1(C)O[C@H]1CC/C(C)=C\CC[C@@]2(C)O. The van der Waals surface area contributed by atoms with E-state index in [4.69, 9.17) is 9.47 Å². The number of ether oxygens (including phenoxy) is 2. The van der Waals surface area contributed by atoms with E-state index < -0.39 is 11.7 Å². The number of allylic oxidation sites excluding steroid dienone is 2. The van der Waals surface area contributed by atoms with Gasteiger partial charge in [-0.2, -0.15) is 0 Å². The molecule has 0 aromatic carbocycles. The highest BCUT2D eigenvalue weighted by atomic mass is 16.6. The summed E-state index contributed by atoms with van der Waals surface area (Å²) in [6.45, 7) is 10.0. The van der Waals surface area contributed by atoms with E-state index in [-0.39, 0.29) is 17.5 Å². The first-order chi connectivity index (χ1) is 11.2. The number of hydrogen-bond acceptors (Lipinski definition) is 4. The number of aliphatic hydroxyl groups is 1. The summed E-state index contributed by atoms with van der Waals surface area (Å²) in [5.41, 5.74) is 0.820. The van der Waals surface area contributed by atoms with Crippen LogP contribution in [-0.4, -0.2) is 34.5 Å². The van der Waals surface area contributed by atoms with Crippen molar-refractivity contribution in [2.75, 3.05) is 0 Å². The van der Waals surface area contributed by atoms with E-state index in [0.717, 1.165) is 32.1 Å². The molecule has 2 saturated heterocycles. The molecule has 0 aromatic rings. The van der Waals surface area contributed by atoms with E-state index in [1.165, 1.54) is 5.57 Å². The van der Waals surface area contributed by atoms with Crippen molar-refractivity contribution in [2.45, 2.75) is 89.1 Å². The van der Waals surface area contributed by atoms with Crippen molar-refractivity contribution in [3.63, 3.8) is 0 Å². The fourth-order valence-electron chi connectivity index (χ4n) is 4.06. The Morgan fingerprint density at radius 1 is 1.25 bits per heavy atom. The topological polar surface area (TPSA) is 59.1 Å². The van der Waals surface area contributed by atoms with Crippen LogP contribution in [0.1, 0.15) is 65.7 Å². The Bertz CT molecular complexity index is 562. The second-order valence-corrected chi connectivity index (χ2v) is 8.29. The zero-order valence-corrected chi connectivity index (χ0v) is 15.1. The molecule has 5 atom stereocenters. The molecule has 0 aromatic heterocycles. The predicted octanol–water partition coefficient (Wildman–Crippen LogP) is 3.68.